The summed E-state index contributed by atoms with van der Waals surface area (Å²) in [5.74, 6) is 0.689. The van der Waals surface area contributed by atoms with Crippen molar-refractivity contribution in [2.24, 2.45) is 4.99 Å². The molecule has 0 aliphatic carbocycles. The van der Waals surface area contributed by atoms with Crippen LogP contribution < -0.4 is 5.32 Å². The second kappa shape index (κ2) is 7.04. The van der Waals surface area contributed by atoms with Crippen LogP contribution in [0.3, 0.4) is 0 Å². The first-order valence-corrected chi connectivity index (χ1v) is 8.37. The molecule has 0 fully saturated rings. The van der Waals surface area contributed by atoms with Crippen LogP contribution in [0.4, 0.5) is 4.39 Å². The van der Waals surface area contributed by atoms with E-state index in [1.165, 1.54) is 28.8 Å². The molecule has 3 nitrogen and oxygen atoms in total. The Balaban J connectivity index is 1.69. The molecule has 1 atom stereocenters. The fourth-order valence-corrected chi connectivity index (χ4v) is 3.07. The van der Waals surface area contributed by atoms with Gasteiger partial charge < -0.3 is 10.2 Å². The molecule has 4 heteroatoms. The van der Waals surface area contributed by atoms with Crippen LogP contribution >= 0.6 is 0 Å². The topological polar surface area (TPSA) is 27.6 Å². The van der Waals surface area contributed by atoms with Crippen molar-refractivity contribution in [3.8, 4) is 0 Å². The van der Waals surface area contributed by atoms with Gasteiger partial charge in [-0.3, -0.25) is 4.99 Å². The number of aliphatic imine (C=N–C) groups is 1. The first-order valence-electron chi connectivity index (χ1n) is 8.37. The summed E-state index contributed by atoms with van der Waals surface area (Å²) in [6.07, 6.45) is 1.01. The van der Waals surface area contributed by atoms with Crippen molar-refractivity contribution in [3.05, 3.63) is 70.5 Å². The highest BCUT2D eigenvalue weighted by molar-refractivity contribution is 5.80. The minimum Gasteiger partial charge on any atom is -0.352 e. The molecule has 2 aromatic rings. The number of hydrogen-bond donors (Lipinski definition) is 1. The SMILES string of the molecule is Cc1ccc(C2CCN=C(NCc3ccc(F)cc3)N2C)cc1C. The normalized spacial score (nSPS) is 17.6. The lowest BCUT2D eigenvalue weighted by Gasteiger charge is -2.35. The molecule has 0 radical (unpaired) electrons. The molecule has 0 spiro atoms. The van der Waals surface area contributed by atoms with Gasteiger partial charge in [0.2, 0.25) is 0 Å². The molecule has 2 aromatic carbocycles. The average molecular weight is 325 g/mol. The molecule has 1 aliphatic rings. The van der Waals surface area contributed by atoms with Gasteiger partial charge in [0.25, 0.3) is 0 Å². The standard InChI is InChI=1S/C20H24FN3/c1-14-4-7-17(12-15(14)2)19-10-11-22-20(24(19)3)23-13-16-5-8-18(21)9-6-16/h4-9,12,19H,10-11,13H2,1-3H3,(H,22,23). The van der Waals surface area contributed by atoms with Crippen LogP contribution in [0.25, 0.3) is 0 Å². The molecule has 1 N–H and O–H groups in total. The van der Waals surface area contributed by atoms with Crippen molar-refractivity contribution in [2.75, 3.05) is 13.6 Å². The minimum atomic E-state index is -0.208. The predicted octanol–water partition coefficient (Wildman–Crippen LogP) is 3.96. The minimum absolute atomic E-state index is 0.208. The molecular formula is C20H24FN3. The number of nitrogens with one attached hydrogen (secondary N) is 1. The molecule has 1 heterocycles. The van der Waals surface area contributed by atoms with E-state index < -0.39 is 0 Å². The van der Waals surface area contributed by atoms with Gasteiger partial charge in [-0.1, -0.05) is 30.3 Å². The van der Waals surface area contributed by atoms with Crippen molar-refractivity contribution in [1.29, 1.82) is 0 Å². The zero-order chi connectivity index (χ0) is 17.1. The van der Waals surface area contributed by atoms with Gasteiger partial charge in [0.05, 0.1) is 6.04 Å². The Morgan fingerprint density at radius 2 is 1.88 bits per heavy atom. The third-order valence-corrected chi connectivity index (χ3v) is 4.75. The second-order valence-electron chi connectivity index (χ2n) is 6.44. The Bertz CT molecular complexity index is 737. The zero-order valence-corrected chi connectivity index (χ0v) is 14.5. The molecule has 0 amide bonds. The Hall–Kier alpha value is -2.36. The van der Waals surface area contributed by atoms with Crippen molar-refractivity contribution < 1.29 is 4.39 Å². The number of rotatable bonds is 3. The molecule has 24 heavy (non-hydrogen) atoms. The number of nitrogens with zero attached hydrogens (tertiary/aromatic N) is 2. The van der Waals surface area contributed by atoms with Crippen LogP contribution in [-0.2, 0) is 6.54 Å². The van der Waals surface area contributed by atoms with Gasteiger partial charge in [-0.25, -0.2) is 4.39 Å². The quantitative estimate of drug-likeness (QED) is 0.925. The number of benzene rings is 2. The third-order valence-electron chi connectivity index (χ3n) is 4.75. The van der Waals surface area contributed by atoms with E-state index in [-0.39, 0.29) is 5.82 Å². The highest BCUT2D eigenvalue weighted by atomic mass is 19.1. The molecule has 0 bridgehead atoms. The fraction of sp³-hybridized carbons (Fsp3) is 0.350. The van der Waals surface area contributed by atoms with Crippen molar-refractivity contribution >= 4 is 5.96 Å². The van der Waals surface area contributed by atoms with Gasteiger partial charge in [0.15, 0.2) is 5.96 Å². The van der Waals surface area contributed by atoms with Crippen LogP contribution in [-0.4, -0.2) is 24.5 Å². The Morgan fingerprint density at radius 1 is 1.12 bits per heavy atom. The van der Waals surface area contributed by atoms with E-state index in [2.05, 4.69) is 54.3 Å². The van der Waals surface area contributed by atoms with Gasteiger partial charge in [-0.05, 0) is 54.7 Å². The van der Waals surface area contributed by atoms with Crippen molar-refractivity contribution in [2.45, 2.75) is 32.9 Å². The number of guanidine groups is 1. The number of halogens is 1. The Labute approximate surface area is 143 Å². The van der Waals surface area contributed by atoms with E-state index in [9.17, 15) is 4.39 Å². The predicted molar refractivity (Wildman–Crippen MR) is 96.6 cm³/mol. The van der Waals surface area contributed by atoms with Crippen molar-refractivity contribution in [3.63, 3.8) is 0 Å². The largest absolute Gasteiger partial charge is 0.352 e. The lowest BCUT2D eigenvalue weighted by atomic mass is 9.97. The Morgan fingerprint density at radius 3 is 2.58 bits per heavy atom. The summed E-state index contributed by atoms with van der Waals surface area (Å²) in [4.78, 5) is 6.82. The summed E-state index contributed by atoms with van der Waals surface area (Å²) in [6, 6.07) is 13.6. The van der Waals surface area contributed by atoms with E-state index in [4.69, 9.17) is 0 Å². The molecule has 0 saturated heterocycles. The van der Waals surface area contributed by atoms with Gasteiger partial charge >= 0.3 is 0 Å². The van der Waals surface area contributed by atoms with E-state index in [1.807, 2.05) is 0 Å². The van der Waals surface area contributed by atoms with E-state index in [1.54, 1.807) is 12.1 Å². The first kappa shape index (κ1) is 16.5. The molecular weight excluding hydrogens is 301 g/mol. The van der Waals surface area contributed by atoms with Crippen LogP contribution in [0, 0.1) is 19.7 Å². The smallest absolute Gasteiger partial charge is 0.194 e. The van der Waals surface area contributed by atoms with Gasteiger partial charge in [0, 0.05) is 20.1 Å². The van der Waals surface area contributed by atoms with E-state index in [0.717, 1.165) is 24.5 Å². The third kappa shape index (κ3) is 3.58. The highest BCUT2D eigenvalue weighted by Crippen LogP contribution is 2.27. The summed E-state index contributed by atoms with van der Waals surface area (Å²) >= 11 is 0. The monoisotopic (exact) mass is 325 g/mol. The number of aryl methyl sites for hydroxylation is 2. The zero-order valence-electron chi connectivity index (χ0n) is 14.5. The second-order valence-corrected chi connectivity index (χ2v) is 6.44. The van der Waals surface area contributed by atoms with Crippen LogP contribution in [0.5, 0.6) is 0 Å². The van der Waals surface area contributed by atoms with E-state index >= 15 is 0 Å². The van der Waals surface area contributed by atoms with Gasteiger partial charge in [0.1, 0.15) is 5.82 Å². The summed E-state index contributed by atoms with van der Waals surface area (Å²) in [6.45, 7) is 5.75. The van der Waals surface area contributed by atoms with Gasteiger partial charge in [-0.2, -0.15) is 0 Å². The summed E-state index contributed by atoms with van der Waals surface area (Å²) < 4.78 is 13.0. The molecule has 0 saturated carbocycles. The van der Waals surface area contributed by atoms with Crippen molar-refractivity contribution in [1.82, 2.24) is 10.2 Å². The maximum absolute atomic E-state index is 13.0. The lowest BCUT2D eigenvalue weighted by Crippen LogP contribution is -2.43. The maximum Gasteiger partial charge on any atom is 0.194 e. The number of hydrogen-bond acceptors (Lipinski definition) is 3. The molecule has 3 rings (SSSR count). The summed E-state index contributed by atoms with van der Waals surface area (Å²) in [5.41, 5.74) is 5.02. The Kier molecular flexibility index (Phi) is 4.84. The first-order chi connectivity index (χ1) is 11.5. The maximum atomic E-state index is 13.0. The van der Waals surface area contributed by atoms with Crippen LogP contribution in [0.1, 0.15) is 34.7 Å². The van der Waals surface area contributed by atoms with Crippen LogP contribution in [0.15, 0.2) is 47.5 Å². The summed E-state index contributed by atoms with van der Waals surface area (Å²) in [7, 11) is 2.08. The van der Waals surface area contributed by atoms with Crippen LogP contribution in [0.2, 0.25) is 0 Å². The lowest BCUT2D eigenvalue weighted by molar-refractivity contribution is 0.326. The molecule has 1 unspecified atom stereocenters. The summed E-state index contributed by atoms with van der Waals surface area (Å²) in [5, 5.41) is 3.39. The fourth-order valence-electron chi connectivity index (χ4n) is 3.07. The molecule has 1 aliphatic heterocycles. The van der Waals surface area contributed by atoms with Gasteiger partial charge in [-0.15, -0.1) is 0 Å². The average Bonchev–Trinajstić information content (AvgIpc) is 2.58. The molecule has 126 valence electrons. The molecule has 0 aromatic heterocycles. The highest BCUT2D eigenvalue weighted by Gasteiger charge is 2.23. The van der Waals surface area contributed by atoms with E-state index in [0.29, 0.717) is 12.6 Å².